The Morgan fingerprint density at radius 3 is 0.907 bits per heavy atom. The monoisotopic (exact) mass is 1250 g/mol. The first-order valence-electron chi connectivity index (χ1n) is 33.0. The number of fused-ring (bicyclic) bond motifs is 13. The van der Waals surface area contributed by atoms with Crippen molar-refractivity contribution in [2.24, 2.45) is 0 Å². The third kappa shape index (κ3) is 8.65. The zero-order chi connectivity index (χ0) is 63.7. The van der Waals surface area contributed by atoms with Gasteiger partial charge in [0.05, 0.1) is 54.4 Å². The molecule has 20 rings (SSSR count). The quantitative estimate of drug-likeness (QED) is 0.137. The number of hydrogen-bond donors (Lipinski definition) is 0. The first-order valence-corrected chi connectivity index (χ1v) is 33.9. The molecule has 0 bridgehead atoms. The van der Waals surface area contributed by atoms with E-state index in [9.17, 15) is 0 Å². The molecule has 452 valence electrons. The highest BCUT2D eigenvalue weighted by Gasteiger charge is 2.33. The molecule has 0 spiro atoms. The fourth-order valence-corrected chi connectivity index (χ4v) is 16.4. The van der Waals surface area contributed by atoms with Crippen LogP contribution in [-0.4, -0.2) is 28.2 Å². The Morgan fingerprint density at radius 1 is 0.206 bits per heavy atom. The van der Waals surface area contributed by atoms with Crippen LogP contribution in [0, 0.1) is 0 Å². The predicted octanol–water partition coefficient (Wildman–Crippen LogP) is 24.1. The van der Waals surface area contributed by atoms with E-state index < -0.39 is 0 Å². The van der Waals surface area contributed by atoms with Gasteiger partial charge in [-0.25, -0.2) is 9.97 Å². The molecule has 0 aliphatic rings. The minimum atomic E-state index is 0.770. The first-order chi connectivity index (χ1) is 48.1. The second-order valence-corrected chi connectivity index (χ2v) is 26.2. The second-order valence-electron chi connectivity index (χ2n) is 25.2. The number of pyridine rings is 1. The van der Waals surface area contributed by atoms with Gasteiger partial charge >= 0.3 is 0 Å². The van der Waals surface area contributed by atoms with E-state index in [1.165, 1.54) is 0 Å². The molecular formula is C90H56N6S. The van der Waals surface area contributed by atoms with E-state index >= 15 is 0 Å². The summed E-state index contributed by atoms with van der Waals surface area (Å²) >= 11 is 1.73. The van der Waals surface area contributed by atoms with Crippen LogP contribution in [-0.2, 0) is 0 Å². The molecular weight excluding hydrogens is 1200 g/mol. The SMILES string of the molecule is c1ccc(-c2ccc3c(c2)c2ccccc2n3-c2nc(-n3c4ccccc4c4cc(-c5ccccc5)ccc43)c(-n3c4ccccc4c4cc(-c5ccccc5)ccc43)c(-c3cccc(-c4nc5ccccc5s4)c3)c2-n2c3ccccc3c3cc(-c4ccccc4)ccc32)cc1. The number of hydrogen-bond acceptors (Lipinski definition) is 3. The zero-order valence-electron chi connectivity index (χ0n) is 52.4. The summed E-state index contributed by atoms with van der Waals surface area (Å²) in [6.45, 7) is 0. The molecule has 0 unspecified atom stereocenters. The lowest BCUT2D eigenvalue weighted by molar-refractivity contribution is 0.961. The fraction of sp³-hybridized carbons (Fsp3) is 0. The Kier molecular flexibility index (Phi) is 12.4. The van der Waals surface area contributed by atoms with E-state index in [-0.39, 0.29) is 0 Å². The lowest BCUT2D eigenvalue weighted by atomic mass is 9.98. The third-order valence-electron chi connectivity index (χ3n) is 19.8. The first kappa shape index (κ1) is 54.8. The van der Waals surface area contributed by atoms with Gasteiger partial charge in [0.2, 0.25) is 0 Å². The summed E-state index contributed by atoms with van der Waals surface area (Å²) in [5, 5.41) is 10.0. The molecule has 0 amide bonds. The molecule has 14 aromatic carbocycles. The predicted molar refractivity (Wildman–Crippen MR) is 407 cm³/mol. The van der Waals surface area contributed by atoms with Crippen molar-refractivity contribution < 1.29 is 0 Å². The van der Waals surface area contributed by atoms with E-state index in [2.05, 4.69) is 358 Å². The van der Waals surface area contributed by atoms with Crippen LogP contribution in [0.3, 0.4) is 0 Å². The van der Waals surface area contributed by atoms with Crippen molar-refractivity contribution in [3.05, 3.63) is 340 Å². The van der Waals surface area contributed by atoms with Crippen LogP contribution in [0.15, 0.2) is 340 Å². The average molecular weight is 1250 g/mol. The lowest BCUT2D eigenvalue weighted by Gasteiger charge is -2.27. The smallest absolute Gasteiger partial charge is 0.165 e. The van der Waals surface area contributed by atoms with Crippen molar-refractivity contribution in [1.82, 2.24) is 28.2 Å². The zero-order valence-corrected chi connectivity index (χ0v) is 53.2. The molecule has 0 saturated heterocycles. The Labute approximate surface area is 562 Å². The molecule has 0 fully saturated rings. The Morgan fingerprint density at radius 2 is 0.515 bits per heavy atom. The van der Waals surface area contributed by atoms with Crippen LogP contribution in [0.2, 0.25) is 0 Å². The van der Waals surface area contributed by atoms with Crippen molar-refractivity contribution in [3.63, 3.8) is 0 Å². The van der Waals surface area contributed by atoms with Gasteiger partial charge in [-0.05, 0) is 141 Å². The Balaban J connectivity index is 1.03. The molecule has 6 heterocycles. The molecule has 0 aliphatic heterocycles. The molecule has 20 aromatic rings. The third-order valence-corrected chi connectivity index (χ3v) is 20.9. The Hall–Kier alpha value is -12.7. The highest BCUT2D eigenvalue weighted by molar-refractivity contribution is 7.21. The van der Waals surface area contributed by atoms with E-state index in [4.69, 9.17) is 9.97 Å². The van der Waals surface area contributed by atoms with Crippen LogP contribution < -0.4 is 0 Å². The molecule has 0 atom stereocenters. The van der Waals surface area contributed by atoms with Crippen molar-refractivity contribution in [3.8, 4) is 89.2 Å². The maximum absolute atomic E-state index is 6.66. The van der Waals surface area contributed by atoms with Crippen LogP contribution >= 0.6 is 11.3 Å². The fourth-order valence-electron chi connectivity index (χ4n) is 15.4. The molecule has 0 radical (unpaired) electrons. The minimum absolute atomic E-state index is 0.770. The van der Waals surface area contributed by atoms with Crippen LogP contribution in [0.25, 0.3) is 187 Å². The average Bonchev–Trinajstić information content (AvgIpc) is 1.58. The standard InChI is InChI=1S/C90H56N6S/c1-5-24-57(25-6-1)61-44-48-80-71(53-61)67-34-13-18-39-76(67)93(80)86-85(65-32-23-33-66(52-65)90-91-75-38-17-22-43-84(75)97-90)87(94-77-40-19-14-35-68(77)72-54-62(45-49-81(72)94)58-26-7-2-8-27-58)89(96-79-42-21-16-37-70(79)74-56-64(47-51-83(74)96)60-30-11-4-12-31-60)92-88(86)95-78-41-20-15-36-69(78)73-55-63(46-50-82(73)95)59-28-9-3-10-29-59/h1-56H. The van der Waals surface area contributed by atoms with E-state index in [0.717, 1.165) is 187 Å². The van der Waals surface area contributed by atoms with E-state index in [0.29, 0.717) is 0 Å². The maximum Gasteiger partial charge on any atom is 0.165 e. The second kappa shape index (κ2) is 22.0. The van der Waals surface area contributed by atoms with Gasteiger partial charge in [-0.1, -0.05) is 249 Å². The van der Waals surface area contributed by atoms with Gasteiger partial charge in [0.15, 0.2) is 11.6 Å². The highest BCUT2D eigenvalue weighted by Crippen LogP contribution is 2.51. The van der Waals surface area contributed by atoms with Gasteiger partial charge < -0.3 is 9.13 Å². The molecule has 0 saturated carbocycles. The summed E-state index contributed by atoms with van der Waals surface area (Å²) in [7, 11) is 0. The largest absolute Gasteiger partial charge is 0.305 e. The maximum atomic E-state index is 6.66. The van der Waals surface area contributed by atoms with Crippen molar-refractivity contribution >= 4 is 109 Å². The summed E-state index contributed by atoms with van der Waals surface area (Å²) in [5.74, 6) is 1.54. The topological polar surface area (TPSA) is 45.5 Å². The lowest BCUT2D eigenvalue weighted by Crippen LogP contribution is -2.16. The molecule has 0 N–H and O–H groups in total. The molecule has 6 nitrogen and oxygen atoms in total. The van der Waals surface area contributed by atoms with Crippen LogP contribution in [0.1, 0.15) is 0 Å². The number of thiazole rings is 1. The summed E-state index contributed by atoms with van der Waals surface area (Å²) in [4.78, 5) is 12.0. The summed E-state index contributed by atoms with van der Waals surface area (Å²) in [6.07, 6.45) is 0. The molecule has 0 aliphatic carbocycles. The summed E-state index contributed by atoms with van der Waals surface area (Å²) in [5.41, 5.74) is 23.4. The summed E-state index contributed by atoms with van der Waals surface area (Å²) < 4.78 is 11.2. The van der Waals surface area contributed by atoms with Crippen LogP contribution in [0.5, 0.6) is 0 Å². The van der Waals surface area contributed by atoms with Crippen molar-refractivity contribution in [2.45, 2.75) is 0 Å². The van der Waals surface area contributed by atoms with Crippen LogP contribution in [0.4, 0.5) is 0 Å². The molecule has 6 aromatic heterocycles. The molecule has 7 heteroatoms. The minimum Gasteiger partial charge on any atom is -0.305 e. The van der Waals surface area contributed by atoms with Gasteiger partial charge in [-0.15, -0.1) is 11.3 Å². The van der Waals surface area contributed by atoms with Crippen molar-refractivity contribution in [1.29, 1.82) is 0 Å². The van der Waals surface area contributed by atoms with Gasteiger partial charge in [0.25, 0.3) is 0 Å². The highest BCUT2D eigenvalue weighted by atomic mass is 32.1. The normalized spacial score (nSPS) is 11.9. The van der Waals surface area contributed by atoms with Gasteiger partial charge in [-0.2, -0.15) is 0 Å². The van der Waals surface area contributed by atoms with Gasteiger partial charge in [0.1, 0.15) is 16.4 Å². The number of nitrogens with zero attached hydrogens (tertiary/aromatic N) is 6. The summed E-state index contributed by atoms with van der Waals surface area (Å²) in [6, 6.07) is 125. The number of benzene rings is 14. The van der Waals surface area contributed by atoms with E-state index in [1.54, 1.807) is 11.3 Å². The number of rotatable bonds is 10. The van der Waals surface area contributed by atoms with E-state index in [1.807, 2.05) is 0 Å². The number of para-hydroxylation sites is 5. The van der Waals surface area contributed by atoms with Gasteiger partial charge in [0, 0.05) is 54.2 Å². The van der Waals surface area contributed by atoms with Crippen molar-refractivity contribution in [2.75, 3.05) is 0 Å². The Bertz CT molecular complexity index is 6180. The number of aromatic nitrogens is 6. The molecule has 97 heavy (non-hydrogen) atoms. The van der Waals surface area contributed by atoms with Gasteiger partial charge in [-0.3, -0.25) is 9.13 Å².